The molecule has 0 saturated carbocycles. The van der Waals surface area contributed by atoms with Gasteiger partial charge in [-0.2, -0.15) is 0 Å². The summed E-state index contributed by atoms with van der Waals surface area (Å²) in [5.74, 6) is 2.03. The number of hydrogen-bond donors (Lipinski definition) is 3. The number of fused-ring (bicyclic) bond motifs is 3. The van der Waals surface area contributed by atoms with Crippen molar-refractivity contribution in [2.75, 3.05) is 26.7 Å². The summed E-state index contributed by atoms with van der Waals surface area (Å²) in [6.07, 6.45) is 0.176. The van der Waals surface area contributed by atoms with Crippen molar-refractivity contribution >= 4 is 36.7 Å². The molecule has 3 atom stereocenters. The van der Waals surface area contributed by atoms with E-state index >= 15 is 0 Å². The fourth-order valence-electron chi connectivity index (χ4n) is 6.22. The Morgan fingerprint density at radius 1 is 1.13 bits per heavy atom. The third-order valence-electron chi connectivity index (χ3n) is 8.77. The zero-order chi connectivity index (χ0) is 32.6. The number of carbonyl (C=O) groups excluding carboxylic acids is 1. The molecule has 1 amide bonds. The van der Waals surface area contributed by atoms with Gasteiger partial charge in [0, 0.05) is 35.8 Å². The first kappa shape index (κ1) is 32.1. The average molecular weight is 659 g/mol. The number of aliphatic hydroxyl groups is 1. The summed E-state index contributed by atoms with van der Waals surface area (Å²) in [4.78, 5) is 31.2. The van der Waals surface area contributed by atoms with Crippen LogP contribution in [0.3, 0.4) is 0 Å². The van der Waals surface area contributed by atoms with Gasteiger partial charge in [0.05, 0.1) is 24.9 Å². The summed E-state index contributed by atoms with van der Waals surface area (Å²) in [7, 11) is -0.861. The van der Waals surface area contributed by atoms with E-state index in [1.807, 2.05) is 96.2 Å². The molecule has 2 aliphatic heterocycles. The summed E-state index contributed by atoms with van der Waals surface area (Å²) in [6.45, 7) is 7.48. The van der Waals surface area contributed by atoms with E-state index in [1.165, 1.54) is 0 Å². The number of benzene rings is 3. The van der Waals surface area contributed by atoms with Gasteiger partial charge in [0.15, 0.2) is 5.82 Å². The molecule has 3 aromatic carbocycles. The SMILES string of the molecule is COc1ccc2c(c1)C(c1ccc(Cl)cc1)=N[C@@H](CC(=O)NCC1CCN(C(O)c3cccc([Si](C)(C)O)c3)C1)c1nnc(C)n1-2. The Morgan fingerprint density at radius 2 is 1.91 bits per heavy atom. The number of carbonyl (C=O) groups is 1. The van der Waals surface area contributed by atoms with Gasteiger partial charge in [0.1, 0.15) is 23.8 Å². The van der Waals surface area contributed by atoms with Crippen molar-refractivity contribution in [1.82, 2.24) is 25.0 Å². The lowest BCUT2D eigenvalue weighted by atomic mass is 10.00. The van der Waals surface area contributed by atoms with Crippen LogP contribution < -0.4 is 15.2 Å². The van der Waals surface area contributed by atoms with Crippen LogP contribution in [0.25, 0.3) is 5.69 Å². The van der Waals surface area contributed by atoms with Crippen LogP contribution in [-0.4, -0.2) is 76.2 Å². The van der Waals surface area contributed by atoms with E-state index in [2.05, 4.69) is 15.5 Å². The van der Waals surface area contributed by atoms with E-state index in [-0.39, 0.29) is 18.2 Å². The highest BCUT2D eigenvalue weighted by Crippen LogP contribution is 2.34. The number of amides is 1. The van der Waals surface area contributed by atoms with Gasteiger partial charge in [-0.25, -0.2) is 0 Å². The molecule has 1 aromatic heterocycles. The van der Waals surface area contributed by atoms with Crippen LogP contribution in [0, 0.1) is 12.8 Å². The molecule has 46 heavy (non-hydrogen) atoms. The van der Waals surface area contributed by atoms with Gasteiger partial charge >= 0.3 is 0 Å². The molecule has 3 N–H and O–H groups in total. The number of nitrogens with one attached hydrogen (secondary N) is 1. The highest BCUT2D eigenvalue weighted by atomic mass is 35.5. The molecule has 10 nitrogen and oxygen atoms in total. The standard InChI is InChI=1S/C34H39ClN6O4Si/c1-21-38-39-33-29(37-32(23-8-10-25(35)11-9-23)28-17-26(45-2)12-13-30(28)41(21)33)18-31(42)36-19-22-14-15-40(20-22)34(43)24-6-5-7-27(16-24)46(3,4)44/h5-13,16-17,22,29,34,43-44H,14-15,18-20H2,1-4H3,(H,36,42)/t22?,29-,34?/m0/s1. The van der Waals surface area contributed by atoms with Crippen molar-refractivity contribution in [3.8, 4) is 11.4 Å². The zero-order valence-corrected chi connectivity index (χ0v) is 28.2. The molecule has 6 rings (SSSR count). The number of aliphatic hydroxyl groups excluding tert-OH is 1. The van der Waals surface area contributed by atoms with E-state index < -0.39 is 20.6 Å². The van der Waals surface area contributed by atoms with Crippen LogP contribution >= 0.6 is 11.6 Å². The summed E-state index contributed by atoms with van der Waals surface area (Å²) >= 11 is 6.21. The minimum atomic E-state index is -2.49. The Hall–Kier alpha value is -3.87. The predicted octanol–water partition coefficient (Wildman–Crippen LogP) is 4.05. The van der Waals surface area contributed by atoms with Crippen molar-refractivity contribution in [1.29, 1.82) is 0 Å². The molecule has 0 spiro atoms. The van der Waals surface area contributed by atoms with Crippen LogP contribution in [-0.2, 0) is 4.79 Å². The molecule has 0 aliphatic carbocycles. The number of hydrogen-bond acceptors (Lipinski definition) is 8. The van der Waals surface area contributed by atoms with Crippen molar-refractivity contribution in [2.24, 2.45) is 10.9 Å². The molecule has 3 heterocycles. The molecule has 0 radical (unpaired) electrons. The fraction of sp³-hybridized carbons (Fsp3) is 0.353. The molecule has 0 bridgehead atoms. The first-order valence-corrected chi connectivity index (χ1v) is 18.8. The Morgan fingerprint density at radius 3 is 2.65 bits per heavy atom. The minimum absolute atomic E-state index is 0.0903. The van der Waals surface area contributed by atoms with Crippen LogP contribution in [0.5, 0.6) is 5.75 Å². The van der Waals surface area contributed by atoms with E-state index in [9.17, 15) is 14.7 Å². The number of rotatable bonds is 9. The van der Waals surface area contributed by atoms with Crippen LogP contribution in [0.4, 0.5) is 0 Å². The smallest absolute Gasteiger partial charge is 0.222 e. The Bertz CT molecular complexity index is 1770. The van der Waals surface area contributed by atoms with Crippen LogP contribution in [0.15, 0.2) is 71.7 Å². The van der Waals surface area contributed by atoms with Gasteiger partial charge in [-0.15, -0.1) is 10.2 Å². The number of methoxy groups -OCH3 is 1. The van der Waals surface area contributed by atoms with Gasteiger partial charge in [-0.05, 0) is 73.4 Å². The molecule has 240 valence electrons. The monoisotopic (exact) mass is 658 g/mol. The van der Waals surface area contributed by atoms with E-state index in [0.717, 1.165) is 34.0 Å². The first-order valence-electron chi connectivity index (χ1n) is 15.5. The van der Waals surface area contributed by atoms with Gasteiger partial charge < -0.3 is 20.0 Å². The maximum absolute atomic E-state index is 13.5. The zero-order valence-electron chi connectivity index (χ0n) is 26.4. The predicted molar refractivity (Wildman–Crippen MR) is 181 cm³/mol. The van der Waals surface area contributed by atoms with Crippen molar-refractivity contribution < 1.29 is 19.4 Å². The maximum Gasteiger partial charge on any atom is 0.222 e. The number of likely N-dealkylation sites (tertiary alicyclic amines) is 1. The highest BCUT2D eigenvalue weighted by molar-refractivity contribution is 6.83. The number of ether oxygens (including phenoxy) is 1. The summed E-state index contributed by atoms with van der Waals surface area (Å²) in [5.41, 5.74) is 4.05. The van der Waals surface area contributed by atoms with E-state index in [4.69, 9.17) is 21.3 Å². The molecule has 1 saturated heterocycles. The van der Waals surface area contributed by atoms with Crippen molar-refractivity contribution in [3.05, 3.63) is 100 Å². The normalized spacial score (nSPS) is 18.7. The number of halogens is 1. The summed E-state index contributed by atoms with van der Waals surface area (Å²) < 4.78 is 7.52. The lowest BCUT2D eigenvalue weighted by Gasteiger charge is -2.25. The molecule has 4 aromatic rings. The third-order valence-corrected chi connectivity index (χ3v) is 10.7. The number of aryl methyl sites for hydroxylation is 1. The summed E-state index contributed by atoms with van der Waals surface area (Å²) in [5, 5.41) is 24.6. The Labute approximate surface area is 274 Å². The van der Waals surface area contributed by atoms with E-state index in [0.29, 0.717) is 47.8 Å². The fourth-order valence-corrected chi connectivity index (χ4v) is 7.37. The van der Waals surface area contributed by atoms with Crippen LogP contribution in [0.2, 0.25) is 18.1 Å². The minimum Gasteiger partial charge on any atom is -0.497 e. The topological polar surface area (TPSA) is 125 Å². The second-order valence-corrected chi connectivity index (χ2v) is 16.7. The van der Waals surface area contributed by atoms with E-state index in [1.54, 1.807) is 7.11 Å². The van der Waals surface area contributed by atoms with Gasteiger partial charge in [0.25, 0.3) is 0 Å². The first-order chi connectivity index (χ1) is 22.0. The number of aromatic nitrogens is 3. The maximum atomic E-state index is 13.5. The Kier molecular flexibility index (Phi) is 9.13. The molecular formula is C34H39ClN6O4Si. The second-order valence-electron chi connectivity index (χ2n) is 12.5. The molecule has 2 aliphatic rings. The average Bonchev–Trinajstić information content (AvgIpc) is 3.65. The quantitative estimate of drug-likeness (QED) is 0.232. The van der Waals surface area contributed by atoms with Gasteiger partial charge in [0.2, 0.25) is 14.2 Å². The highest BCUT2D eigenvalue weighted by Gasteiger charge is 2.32. The number of aliphatic imine (C=N–C) groups is 1. The van der Waals surface area contributed by atoms with Crippen LogP contribution in [0.1, 0.15) is 53.5 Å². The summed E-state index contributed by atoms with van der Waals surface area (Å²) in [6, 6.07) is 20.3. The lowest BCUT2D eigenvalue weighted by molar-refractivity contribution is -0.121. The second kappa shape index (κ2) is 13.1. The molecule has 12 heteroatoms. The largest absolute Gasteiger partial charge is 0.497 e. The number of nitrogens with zero attached hydrogens (tertiary/aromatic N) is 5. The lowest BCUT2D eigenvalue weighted by Crippen LogP contribution is -2.41. The van der Waals surface area contributed by atoms with Crippen molar-refractivity contribution in [3.63, 3.8) is 0 Å². The Balaban J connectivity index is 1.19. The third kappa shape index (κ3) is 6.65. The van der Waals surface area contributed by atoms with Crippen molar-refractivity contribution in [2.45, 2.75) is 45.1 Å². The van der Waals surface area contributed by atoms with Gasteiger partial charge in [-0.3, -0.25) is 19.3 Å². The molecule has 2 unspecified atom stereocenters. The van der Waals surface area contributed by atoms with Gasteiger partial charge in [-0.1, -0.05) is 48.0 Å². The molecular weight excluding hydrogens is 620 g/mol. The molecule has 1 fully saturated rings.